The van der Waals surface area contributed by atoms with Gasteiger partial charge in [-0.15, -0.1) is 10.2 Å². The van der Waals surface area contributed by atoms with Crippen LogP contribution in [-0.4, -0.2) is 67.2 Å². The predicted molar refractivity (Wildman–Crippen MR) is 141 cm³/mol. The molecule has 5 rings (SSSR count). The smallest absolute Gasteiger partial charge is 0.352 e. The van der Waals surface area contributed by atoms with Crippen molar-refractivity contribution in [3.8, 4) is 11.3 Å². The molecule has 0 bridgehead atoms. The van der Waals surface area contributed by atoms with Crippen molar-refractivity contribution >= 4 is 27.4 Å². The lowest BCUT2D eigenvalue weighted by molar-refractivity contribution is -0.170. The highest BCUT2D eigenvalue weighted by molar-refractivity contribution is 7.89. The van der Waals surface area contributed by atoms with Crippen LogP contribution in [0.2, 0.25) is 0 Å². The van der Waals surface area contributed by atoms with Crippen molar-refractivity contribution in [2.45, 2.75) is 43.8 Å². The van der Waals surface area contributed by atoms with E-state index in [9.17, 15) is 26.4 Å². The minimum absolute atomic E-state index is 0.00134. The topological polar surface area (TPSA) is 86.7 Å². The van der Waals surface area contributed by atoms with Gasteiger partial charge < -0.3 is 9.80 Å². The van der Waals surface area contributed by atoms with Crippen molar-refractivity contribution in [3.05, 3.63) is 65.7 Å². The molecule has 3 aromatic rings. The molecule has 39 heavy (non-hydrogen) atoms. The zero-order chi connectivity index (χ0) is 27.9. The van der Waals surface area contributed by atoms with Crippen LogP contribution in [0.25, 0.3) is 11.3 Å². The van der Waals surface area contributed by atoms with Gasteiger partial charge in [-0.3, -0.25) is 4.79 Å². The van der Waals surface area contributed by atoms with Gasteiger partial charge in [0.25, 0.3) is 0 Å². The number of carbonyl (C=O) groups excluding carboxylic acids is 1. The Hall–Kier alpha value is -3.51. The minimum Gasteiger partial charge on any atom is -0.352 e. The number of halogens is 3. The van der Waals surface area contributed by atoms with E-state index in [4.69, 9.17) is 0 Å². The third-order valence-corrected chi connectivity index (χ3v) is 9.13. The lowest BCUT2D eigenvalue weighted by atomic mass is 10.1. The van der Waals surface area contributed by atoms with Gasteiger partial charge in [-0.2, -0.15) is 17.5 Å². The second-order valence-corrected chi connectivity index (χ2v) is 11.7. The average Bonchev–Trinajstić information content (AvgIpc) is 3.27. The number of piperazine rings is 1. The summed E-state index contributed by atoms with van der Waals surface area (Å²) >= 11 is 0. The Labute approximate surface area is 225 Å². The Kier molecular flexibility index (Phi) is 7.10. The first-order valence-corrected chi connectivity index (χ1v) is 14.1. The zero-order valence-electron chi connectivity index (χ0n) is 21.5. The molecule has 0 saturated carbocycles. The summed E-state index contributed by atoms with van der Waals surface area (Å²) in [6.45, 7) is 4.86. The fraction of sp³-hybridized carbons (Fsp3) is 0.370. The predicted octanol–water partition coefficient (Wildman–Crippen LogP) is 4.06. The Bertz CT molecular complexity index is 1470. The Morgan fingerprint density at radius 3 is 2.26 bits per heavy atom. The highest BCUT2D eigenvalue weighted by Crippen LogP contribution is 2.37. The highest BCUT2D eigenvalue weighted by atomic mass is 32.2. The van der Waals surface area contributed by atoms with Crippen LogP contribution in [0, 0.1) is 0 Å². The van der Waals surface area contributed by atoms with E-state index in [-0.39, 0.29) is 30.1 Å². The largest absolute Gasteiger partial charge is 0.471 e. The number of rotatable bonds is 5. The number of sulfonamides is 1. The zero-order valence-corrected chi connectivity index (χ0v) is 22.3. The van der Waals surface area contributed by atoms with E-state index < -0.39 is 28.1 Å². The summed E-state index contributed by atoms with van der Waals surface area (Å²) in [5.41, 5.74) is 3.46. The van der Waals surface area contributed by atoms with Gasteiger partial charge in [0.15, 0.2) is 5.82 Å². The molecule has 1 atom stereocenters. The molecule has 0 radical (unpaired) electrons. The lowest BCUT2D eigenvalue weighted by Crippen LogP contribution is -2.49. The lowest BCUT2D eigenvalue weighted by Gasteiger charge is -2.34. The van der Waals surface area contributed by atoms with Crippen LogP contribution in [0.3, 0.4) is 0 Å². The van der Waals surface area contributed by atoms with E-state index in [2.05, 4.69) is 29.3 Å². The van der Waals surface area contributed by atoms with Gasteiger partial charge in [0, 0.05) is 43.5 Å². The van der Waals surface area contributed by atoms with Crippen LogP contribution in [0.4, 0.5) is 24.7 Å². The molecule has 0 N–H and O–H groups in total. The van der Waals surface area contributed by atoms with Crippen LogP contribution in [0.15, 0.2) is 59.5 Å². The Morgan fingerprint density at radius 2 is 1.67 bits per heavy atom. The number of benzene rings is 2. The molecule has 8 nitrogen and oxygen atoms in total. The monoisotopic (exact) mass is 559 g/mol. The van der Waals surface area contributed by atoms with Gasteiger partial charge in [0.05, 0.1) is 10.6 Å². The summed E-state index contributed by atoms with van der Waals surface area (Å²) in [6, 6.07) is 15.1. The maximum absolute atomic E-state index is 13.4. The molecule has 1 aromatic heterocycles. The second-order valence-electron chi connectivity index (χ2n) is 9.73. The van der Waals surface area contributed by atoms with Gasteiger partial charge in [-0.05, 0) is 61.2 Å². The van der Waals surface area contributed by atoms with Crippen molar-refractivity contribution in [1.82, 2.24) is 14.5 Å². The number of fused-ring (bicyclic) bond motifs is 1. The summed E-state index contributed by atoms with van der Waals surface area (Å²) < 4.78 is 67.2. The maximum Gasteiger partial charge on any atom is 0.471 e. The first-order chi connectivity index (χ1) is 18.5. The molecular weight excluding hydrogens is 531 g/mol. The van der Waals surface area contributed by atoms with Gasteiger partial charge in [-0.25, -0.2) is 8.42 Å². The highest BCUT2D eigenvalue weighted by Gasteiger charge is 2.47. The number of anilines is 2. The Morgan fingerprint density at radius 1 is 0.974 bits per heavy atom. The standard InChI is InChI=1S/C27H28F3N5O3S/c1-3-19-4-6-20(7-5-19)23-9-11-25(32-31-23)33-12-14-34(15-13-33)39(37,38)22-8-10-24-21(17-22)16-18(2)35(24)26(36)27(28,29)30/h4-11,17-18H,3,12-16H2,1-2H3. The Balaban J connectivity index is 1.26. The van der Waals surface area contributed by atoms with Crippen molar-refractivity contribution < 1.29 is 26.4 Å². The number of carbonyl (C=O) groups is 1. The quantitative estimate of drug-likeness (QED) is 0.469. The molecule has 12 heteroatoms. The van der Waals surface area contributed by atoms with Crippen LogP contribution in [0.1, 0.15) is 25.0 Å². The molecule has 1 fully saturated rings. The summed E-state index contributed by atoms with van der Waals surface area (Å²) in [4.78, 5) is 14.6. The second kappa shape index (κ2) is 10.2. The van der Waals surface area contributed by atoms with Gasteiger partial charge in [0.2, 0.25) is 10.0 Å². The average molecular weight is 560 g/mol. The molecular formula is C27H28F3N5O3S. The van der Waals surface area contributed by atoms with Crippen LogP contribution >= 0.6 is 0 Å². The number of amides is 1. The molecule has 206 valence electrons. The molecule has 3 heterocycles. The van der Waals surface area contributed by atoms with E-state index >= 15 is 0 Å². The van der Waals surface area contributed by atoms with E-state index in [1.807, 2.05) is 29.2 Å². The molecule has 1 saturated heterocycles. The first kappa shape index (κ1) is 27.1. The number of nitrogens with zero attached hydrogens (tertiary/aromatic N) is 5. The van der Waals surface area contributed by atoms with E-state index in [0.29, 0.717) is 29.4 Å². The fourth-order valence-corrected chi connectivity index (χ4v) is 6.55. The van der Waals surface area contributed by atoms with Crippen LogP contribution < -0.4 is 9.80 Å². The minimum atomic E-state index is -5.01. The fourth-order valence-electron chi connectivity index (χ4n) is 5.08. The van der Waals surface area contributed by atoms with Crippen LogP contribution in [0.5, 0.6) is 0 Å². The molecule has 1 amide bonds. The summed E-state index contributed by atoms with van der Waals surface area (Å²) in [7, 11) is -3.88. The summed E-state index contributed by atoms with van der Waals surface area (Å²) in [5.74, 6) is -1.30. The number of aryl methyl sites for hydroxylation is 1. The summed E-state index contributed by atoms with van der Waals surface area (Å²) in [6.07, 6.45) is -3.91. The number of aromatic nitrogens is 2. The molecule has 0 spiro atoms. The van der Waals surface area contributed by atoms with Crippen molar-refractivity contribution in [2.24, 2.45) is 0 Å². The molecule has 2 aromatic carbocycles. The third kappa shape index (κ3) is 5.22. The van der Waals surface area contributed by atoms with Crippen molar-refractivity contribution in [2.75, 3.05) is 36.0 Å². The van der Waals surface area contributed by atoms with Crippen molar-refractivity contribution in [1.29, 1.82) is 0 Å². The maximum atomic E-state index is 13.4. The normalized spacial score (nSPS) is 18.3. The van der Waals surface area contributed by atoms with Gasteiger partial charge in [-0.1, -0.05) is 31.2 Å². The molecule has 1 unspecified atom stereocenters. The van der Waals surface area contributed by atoms with Crippen LogP contribution in [-0.2, 0) is 27.7 Å². The van der Waals surface area contributed by atoms with E-state index in [1.54, 1.807) is 0 Å². The van der Waals surface area contributed by atoms with Crippen molar-refractivity contribution in [3.63, 3.8) is 0 Å². The number of alkyl halides is 3. The van der Waals surface area contributed by atoms with E-state index in [1.165, 1.54) is 35.0 Å². The number of hydrogen-bond acceptors (Lipinski definition) is 6. The third-order valence-electron chi connectivity index (χ3n) is 7.24. The van der Waals surface area contributed by atoms with E-state index in [0.717, 1.165) is 17.7 Å². The molecule has 2 aliphatic heterocycles. The number of hydrogen-bond donors (Lipinski definition) is 0. The molecule has 0 aliphatic carbocycles. The summed E-state index contributed by atoms with van der Waals surface area (Å²) in [5, 5.41) is 8.69. The van der Waals surface area contributed by atoms with Gasteiger partial charge >= 0.3 is 12.1 Å². The SMILES string of the molecule is CCc1ccc(-c2ccc(N3CCN(S(=O)(=O)c4ccc5c(c4)CC(C)N5C(=O)C(F)(F)F)CC3)nn2)cc1. The molecule has 2 aliphatic rings. The van der Waals surface area contributed by atoms with Gasteiger partial charge in [0.1, 0.15) is 0 Å². The first-order valence-electron chi connectivity index (χ1n) is 12.7.